The van der Waals surface area contributed by atoms with Crippen molar-refractivity contribution < 1.29 is 0 Å². The van der Waals surface area contributed by atoms with Crippen molar-refractivity contribution in [3.63, 3.8) is 0 Å². The molecular weight excluding hydrogens is 280 g/mol. The second-order valence-corrected chi connectivity index (χ2v) is 5.83. The molecule has 1 atom stereocenters. The molecule has 2 aliphatic rings. The zero-order valence-electron chi connectivity index (χ0n) is 13.7. The molecule has 2 heteroatoms. The molecule has 23 heavy (non-hydrogen) atoms. The number of hydrogen-bond acceptors (Lipinski definition) is 2. The molecule has 3 rings (SSSR count). The van der Waals surface area contributed by atoms with Crippen molar-refractivity contribution in [2.75, 3.05) is 13.6 Å². The molecule has 0 fully saturated rings. The van der Waals surface area contributed by atoms with Crippen molar-refractivity contribution in [1.29, 1.82) is 0 Å². The number of nitrogens with one attached hydrogen (secondary N) is 2. The maximum absolute atomic E-state index is 4.09. The van der Waals surface area contributed by atoms with Gasteiger partial charge in [0.05, 0.1) is 0 Å². The highest BCUT2D eigenvalue weighted by molar-refractivity contribution is 5.73. The van der Waals surface area contributed by atoms with Crippen LogP contribution < -0.4 is 10.6 Å². The van der Waals surface area contributed by atoms with Crippen LogP contribution in [0, 0.1) is 5.92 Å². The van der Waals surface area contributed by atoms with Gasteiger partial charge in [-0.05, 0) is 29.6 Å². The Hall–Kier alpha value is -2.48. The summed E-state index contributed by atoms with van der Waals surface area (Å²) in [7, 11) is 2.00. The maximum atomic E-state index is 4.09. The summed E-state index contributed by atoms with van der Waals surface area (Å²) < 4.78 is 0. The Morgan fingerprint density at radius 2 is 2.09 bits per heavy atom. The predicted molar refractivity (Wildman–Crippen MR) is 98.7 cm³/mol. The van der Waals surface area contributed by atoms with Gasteiger partial charge in [0.1, 0.15) is 0 Å². The van der Waals surface area contributed by atoms with Gasteiger partial charge in [0.25, 0.3) is 0 Å². The van der Waals surface area contributed by atoms with Gasteiger partial charge in [0, 0.05) is 30.9 Å². The average Bonchev–Trinajstić information content (AvgIpc) is 2.64. The van der Waals surface area contributed by atoms with Crippen LogP contribution in [-0.4, -0.2) is 13.6 Å². The fraction of sp³-hybridized carbons (Fsp3) is 0.238. The van der Waals surface area contributed by atoms with E-state index in [9.17, 15) is 0 Å². The van der Waals surface area contributed by atoms with E-state index in [0.717, 1.165) is 19.4 Å². The average molecular weight is 304 g/mol. The zero-order valence-corrected chi connectivity index (χ0v) is 13.7. The highest BCUT2D eigenvalue weighted by Crippen LogP contribution is 2.33. The fourth-order valence-corrected chi connectivity index (χ4v) is 3.41. The number of allylic oxidation sites excluding steroid dienone is 6. The van der Waals surface area contributed by atoms with Gasteiger partial charge in [0.2, 0.25) is 0 Å². The van der Waals surface area contributed by atoms with Gasteiger partial charge in [-0.2, -0.15) is 0 Å². The molecular formula is C21H24N2. The predicted octanol–water partition coefficient (Wildman–Crippen LogP) is 4.18. The summed E-state index contributed by atoms with van der Waals surface area (Å²) in [4.78, 5) is 0. The second-order valence-electron chi connectivity index (χ2n) is 5.83. The van der Waals surface area contributed by atoms with Crippen LogP contribution in [-0.2, 0) is 0 Å². The lowest BCUT2D eigenvalue weighted by molar-refractivity contribution is 0.626. The number of rotatable bonds is 4. The number of benzene rings is 1. The van der Waals surface area contributed by atoms with Crippen LogP contribution in [0.25, 0.3) is 5.70 Å². The summed E-state index contributed by atoms with van der Waals surface area (Å²) >= 11 is 0. The van der Waals surface area contributed by atoms with Crippen LogP contribution in [0.3, 0.4) is 0 Å². The molecule has 0 amide bonds. The van der Waals surface area contributed by atoms with Crippen LogP contribution in [0.2, 0.25) is 0 Å². The Morgan fingerprint density at radius 1 is 1.26 bits per heavy atom. The molecule has 1 heterocycles. The van der Waals surface area contributed by atoms with Gasteiger partial charge in [-0.1, -0.05) is 67.3 Å². The molecule has 0 saturated carbocycles. The summed E-state index contributed by atoms with van der Waals surface area (Å²) in [6.45, 7) is 5.05. The molecule has 2 nitrogen and oxygen atoms in total. The Balaban J connectivity index is 2.10. The molecule has 118 valence electrons. The highest BCUT2D eigenvalue weighted by atomic mass is 14.9. The van der Waals surface area contributed by atoms with E-state index in [1.165, 1.54) is 28.1 Å². The number of hydrogen-bond donors (Lipinski definition) is 2. The summed E-state index contributed by atoms with van der Waals surface area (Å²) in [5.74, 6) is 0.414. The molecule has 0 radical (unpaired) electrons. The molecule has 0 spiro atoms. The van der Waals surface area contributed by atoms with E-state index in [0.29, 0.717) is 5.92 Å². The molecule has 1 aliphatic carbocycles. The zero-order chi connectivity index (χ0) is 16.1. The fourth-order valence-electron chi connectivity index (χ4n) is 3.41. The van der Waals surface area contributed by atoms with Crippen molar-refractivity contribution in [3.8, 4) is 0 Å². The van der Waals surface area contributed by atoms with Crippen LogP contribution >= 0.6 is 0 Å². The van der Waals surface area contributed by atoms with E-state index in [2.05, 4.69) is 71.8 Å². The first kappa shape index (κ1) is 15.4. The van der Waals surface area contributed by atoms with E-state index >= 15 is 0 Å². The van der Waals surface area contributed by atoms with Crippen molar-refractivity contribution in [3.05, 3.63) is 89.7 Å². The summed E-state index contributed by atoms with van der Waals surface area (Å²) in [6.07, 6.45) is 12.8. The standard InChI is InChI=1S/C21H24N2/c1-3-18-19(20(22-2)16-10-6-4-7-11-16)14-15-23-21(18)17-12-8-5-9-13-17/h3-12,17,22-23H,1,13-15H2,2H3/b20-19-. The van der Waals surface area contributed by atoms with E-state index in [4.69, 9.17) is 0 Å². The van der Waals surface area contributed by atoms with Crippen molar-refractivity contribution in [2.45, 2.75) is 12.8 Å². The van der Waals surface area contributed by atoms with Crippen LogP contribution in [0.5, 0.6) is 0 Å². The van der Waals surface area contributed by atoms with Crippen molar-refractivity contribution in [2.24, 2.45) is 5.92 Å². The van der Waals surface area contributed by atoms with E-state index < -0.39 is 0 Å². The third-order valence-corrected chi connectivity index (χ3v) is 4.48. The minimum atomic E-state index is 0.414. The molecule has 0 bridgehead atoms. The van der Waals surface area contributed by atoms with Crippen molar-refractivity contribution in [1.82, 2.24) is 10.6 Å². The Kier molecular flexibility index (Phi) is 4.82. The molecule has 1 aliphatic heterocycles. The van der Waals surface area contributed by atoms with Gasteiger partial charge in [0.15, 0.2) is 0 Å². The SMILES string of the molecule is C=CC1=C(C2C=CC=CC2)NCC/C1=C(/NC)c1ccccc1. The first-order valence-electron chi connectivity index (χ1n) is 8.25. The first-order chi connectivity index (χ1) is 11.3. The smallest absolute Gasteiger partial charge is 0.0451 e. The second kappa shape index (κ2) is 7.19. The molecule has 0 saturated heterocycles. The van der Waals surface area contributed by atoms with Gasteiger partial charge in [-0.25, -0.2) is 0 Å². The van der Waals surface area contributed by atoms with E-state index in [-0.39, 0.29) is 0 Å². The van der Waals surface area contributed by atoms with Crippen molar-refractivity contribution >= 4 is 5.70 Å². The van der Waals surface area contributed by atoms with Gasteiger partial charge in [-0.3, -0.25) is 0 Å². The molecule has 2 N–H and O–H groups in total. The minimum Gasteiger partial charge on any atom is -0.387 e. The van der Waals surface area contributed by atoms with E-state index in [1.807, 2.05) is 13.1 Å². The molecule has 0 aromatic heterocycles. The lowest BCUT2D eigenvalue weighted by Gasteiger charge is -2.30. The lowest BCUT2D eigenvalue weighted by Crippen LogP contribution is -2.29. The van der Waals surface area contributed by atoms with Gasteiger partial charge < -0.3 is 10.6 Å². The summed E-state index contributed by atoms with van der Waals surface area (Å²) in [5, 5.41) is 7.03. The van der Waals surface area contributed by atoms with Crippen LogP contribution in [0.15, 0.2) is 84.1 Å². The highest BCUT2D eigenvalue weighted by Gasteiger charge is 2.23. The summed E-state index contributed by atoms with van der Waals surface area (Å²) in [5.41, 5.74) is 6.32. The Morgan fingerprint density at radius 3 is 2.74 bits per heavy atom. The summed E-state index contributed by atoms with van der Waals surface area (Å²) in [6, 6.07) is 10.5. The Bertz CT molecular complexity index is 690. The van der Waals surface area contributed by atoms with Crippen LogP contribution in [0.1, 0.15) is 18.4 Å². The lowest BCUT2D eigenvalue weighted by atomic mass is 9.86. The van der Waals surface area contributed by atoms with E-state index in [1.54, 1.807) is 0 Å². The third-order valence-electron chi connectivity index (χ3n) is 4.48. The molecule has 1 aromatic carbocycles. The topological polar surface area (TPSA) is 24.1 Å². The molecule has 1 aromatic rings. The quantitative estimate of drug-likeness (QED) is 0.872. The normalized spacial score (nSPS) is 22.6. The van der Waals surface area contributed by atoms with Gasteiger partial charge in [-0.15, -0.1) is 0 Å². The third kappa shape index (κ3) is 3.16. The first-order valence-corrected chi connectivity index (χ1v) is 8.25. The minimum absolute atomic E-state index is 0.414. The van der Waals surface area contributed by atoms with Gasteiger partial charge >= 0.3 is 0 Å². The van der Waals surface area contributed by atoms with Crippen LogP contribution in [0.4, 0.5) is 0 Å². The maximum Gasteiger partial charge on any atom is 0.0451 e. The molecule has 1 unspecified atom stereocenters. The Labute approximate surface area is 139 Å². The largest absolute Gasteiger partial charge is 0.387 e. The monoisotopic (exact) mass is 304 g/mol.